The van der Waals surface area contributed by atoms with Crippen LogP contribution in [0.15, 0.2) is 42.6 Å². The van der Waals surface area contributed by atoms with Gasteiger partial charge in [0.1, 0.15) is 10.6 Å². The summed E-state index contributed by atoms with van der Waals surface area (Å²) in [4.78, 5) is 6.87. The summed E-state index contributed by atoms with van der Waals surface area (Å²) < 4.78 is 52.3. The standard InChI is InChI=1S/C26H26F3N5O3S/c1-36-19-4-2-17(21(14-19)26(27,28)29)13-20(16-3-5-22-18(12-16)15-31-33-22)23-24(35)32-25(38-23)30-6-7-34-8-10-37-11-9-34/h2-5,12-15,35H,6-11H2,1H3,(H,30,32)(H,31,33). The summed E-state index contributed by atoms with van der Waals surface area (Å²) in [6, 6.07) is 9.18. The molecular formula is C26H26F3N5O3S. The zero-order valence-electron chi connectivity index (χ0n) is 20.5. The number of benzene rings is 2. The first-order chi connectivity index (χ1) is 18.3. The molecule has 3 N–H and O–H groups in total. The Morgan fingerprint density at radius 2 is 2.05 bits per heavy atom. The molecule has 4 aromatic rings. The van der Waals surface area contributed by atoms with Crippen molar-refractivity contribution in [3.63, 3.8) is 0 Å². The van der Waals surface area contributed by atoms with Gasteiger partial charge in [0, 0.05) is 37.1 Å². The van der Waals surface area contributed by atoms with Crippen LogP contribution in [0.3, 0.4) is 0 Å². The molecule has 1 aliphatic heterocycles. The third kappa shape index (κ3) is 5.77. The first-order valence-electron chi connectivity index (χ1n) is 12.0. The van der Waals surface area contributed by atoms with Gasteiger partial charge in [0.25, 0.3) is 0 Å². The van der Waals surface area contributed by atoms with Crippen LogP contribution < -0.4 is 10.1 Å². The molecule has 2 aromatic carbocycles. The van der Waals surface area contributed by atoms with E-state index in [1.165, 1.54) is 36.7 Å². The van der Waals surface area contributed by atoms with Crippen LogP contribution in [0, 0.1) is 0 Å². The molecule has 0 aliphatic carbocycles. The Morgan fingerprint density at radius 3 is 2.82 bits per heavy atom. The molecule has 0 radical (unpaired) electrons. The van der Waals surface area contributed by atoms with Crippen LogP contribution in [-0.4, -0.2) is 71.7 Å². The van der Waals surface area contributed by atoms with Gasteiger partial charge in [-0.15, -0.1) is 0 Å². The van der Waals surface area contributed by atoms with Crippen LogP contribution in [0.25, 0.3) is 22.6 Å². The molecule has 0 atom stereocenters. The van der Waals surface area contributed by atoms with Crippen LogP contribution in [0.5, 0.6) is 11.6 Å². The molecule has 2 aromatic heterocycles. The number of thiazole rings is 1. The number of alkyl halides is 3. The highest BCUT2D eigenvalue weighted by molar-refractivity contribution is 7.17. The van der Waals surface area contributed by atoms with Gasteiger partial charge in [0.2, 0.25) is 5.88 Å². The number of aromatic hydroxyl groups is 1. The molecule has 5 rings (SSSR count). The Bertz CT molecular complexity index is 1440. The van der Waals surface area contributed by atoms with E-state index < -0.39 is 11.7 Å². The van der Waals surface area contributed by atoms with Crippen LogP contribution in [0.2, 0.25) is 0 Å². The van der Waals surface area contributed by atoms with Gasteiger partial charge in [0.05, 0.1) is 37.6 Å². The van der Waals surface area contributed by atoms with Crippen molar-refractivity contribution in [2.24, 2.45) is 0 Å². The summed E-state index contributed by atoms with van der Waals surface area (Å²) in [7, 11) is 1.32. The summed E-state index contributed by atoms with van der Waals surface area (Å²) in [6.45, 7) is 4.47. The number of halogens is 3. The molecule has 8 nitrogen and oxygen atoms in total. The molecular weight excluding hydrogens is 519 g/mol. The molecule has 1 aliphatic rings. The number of anilines is 1. The number of hydrogen-bond acceptors (Lipinski definition) is 8. The number of morpholine rings is 1. The molecule has 0 spiro atoms. The maximum absolute atomic E-state index is 14.0. The Labute approximate surface area is 220 Å². The number of aromatic nitrogens is 3. The minimum Gasteiger partial charge on any atom is -0.497 e. The number of H-pyrrole nitrogens is 1. The minimum atomic E-state index is -4.61. The molecule has 1 saturated heterocycles. The molecule has 0 bridgehead atoms. The smallest absolute Gasteiger partial charge is 0.417 e. The number of aromatic amines is 1. The van der Waals surface area contributed by atoms with Crippen molar-refractivity contribution in [3.8, 4) is 11.6 Å². The highest BCUT2D eigenvalue weighted by atomic mass is 32.1. The normalized spacial score (nSPS) is 15.2. The molecule has 200 valence electrons. The van der Waals surface area contributed by atoms with Crippen molar-refractivity contribution in [1.82, 2.24) is 20.1 Å². The number of nitrogens with zero attached hydrogens (tertiary/aromatic N) is 3. The van der Waals surface area contributed by atoms with Gasteiger partial charge < -0.3 is 19.9 Å². The lowest BCUT2D eigenvalue weighted by molar-refractivity contribution is -0.137. The highest BCUT2D eigenvalue weighted by Crippen LogP contribution is 2.41. The third-order valence-corrected chi connectivity index (χ3v) is 7.31. The van der Waals surface area contributed by atoms with Gasteiger partial charge in [-0.2, -0.15) is 23.3 Å². The summed E-state index contributed by atoms with van der Waals surface area (Å²) >= 11 is 1.18. The van der Waals surface area contributed by atoms with Crippen molar-refractivity contribution in [2.45, 2.75) is 6.18 Å². The Balaban J connectivity index is 1.53. The van der Waals surface area contributed by atoms with Crippen LogP contribution in [-0.2, 0) is 10.9 Å². The quantitative estimate of drug-likeness (QED) is 0.266. The van der Waals surface area contributed by atoms with E-state index in [2.05, 4.69) is 25.4 Å². The van der Waals surface area contributed by atoms with Crippen LogP contribution in [0.1, 0.15) is 21.6 Å². The Morgan fingerprint density at radius 1 is 1.24 bits per heavy atom. The van der Waals surface area contributed by atoms with Gasteiger partial charge in [0.15, 0.2) is 5.13 Å². The summed E-state index contributed by atoms with van der Waals surface area (Å²) in [5.74, 6) is -0.160. The van der Waals surface area contributed by atoms with Gasteiger partial charge in [-0.3, -0.25) is 10.00 Å². The Hall–Kier alpha value is -3.61. The van der Waals surface area contributed by atoms with E-state index in [1.807, 2.05) is 6.07 Å². The molecule has 3 heterocycles. The monoisotopic (exact) mass is 545 g/mol. The maximum atomic E-state index is 14.0. The summed E-state index contributed by atoms with van der Waals surface area (Å²) in [5, 5.41) is 22.2. The van der Waals surface area contributed by atoms with E-state index in [0.717, 1.165) is 36.6 Å². The van der Waals surface area contributed by atoms with E-state index in [0.29, 0.717) is 40.9 Å². The zero-order valence-corrected chi connectivity index (χ0v) is 21.3. The van der Waals surface area contributed by atoms with E-state index in [-0.39, 0.29) is 17.2 Å². The lowest BCUT2D eigenvalue weighted by Crippen LogP contribution is -2.38. The van der Waals surface area contributed by atoms with Crippen molar-refractivity contribution in [1.29, 1.82) is 0 Å². The average molecular weight is 546 g/mol. The highest BCUT2D eigenvalue weighted by Gasteiger charge is 2.34. The topological polar surface area (TPSA) is 95.5 Å². The second kappa shape index (κ2) is 11.0. The number of rotatable bonds is 8. The number of hydrogen-bond donors (Lipinski definition) is 3. The second-order valence-electron chi connectivity index (χ2n) is 8.73. The molecule has 0 amide bonds. The molecule has 0 saturated carbocycles. The second-order valence-corrected chi connectivity index (χ2v) is 9.73. The SMILES string of the molecule is COc1ccc(C=C(c2ccc3[nH]ncc3c2)c2sc(NCCN3CCOCC3)nc2O)c(C(F)(F)F)c1. The van der Waals surface area contributed by atoms with Gasteiger partial charge in [-0.1, -0.05) is 23.5 Å². The fraction of sp³-hybridized carbons (Fsp3) is 0.308. The maximum Gasteiger partial charge on any atom is 0.417 e. The first kappa shape index (κ1) is 26.0. The van der Waals surface area contributed by atoms with Gasteiger partial charge >= 0.3 is 6.18 Å². The Kier molecular flexibility index (Phi) is 7.54. The van der Waals surface area contributed by atoms with Crippen molar-refractivity contribution in [2.75, 3.05) is 51.8 Å². The largest absolute Gasteiger partial charge is 0.497 e. The number of methoxy groups -OCH3 is 1. The fourth-order valence-corrected chi connectivity index (χ4v) is 5.21. The fourth-order valence-electron chi connectivity index (χ4n) is 4.29. The average Bonchev–Trinajstić information content (AvgIpc) is 3.53. The van der Waals surface area contributed by atoms with Crippen LogP contribution in [0.4, 0.5) is 18.3 Å². The first-order valence-corrected chi connectivity index (χ1v) is 12.8. The molecule has 1 fully saturated rings. The lowest BCUT2D eigenvalue weighted by atomic mass is 9.97. The van der Waals surface area contributed by atoms with Crippen LogP contribution >= 0.6 is 11.3 Å². The minimum absolute atomic E-state index is 0.0600. The van der Waals surface area contributed by atoms with Gasteiger partial charge in [-0.25, -0.2) is 0 Å². The summed E-state index contributed by atoms with van der Waals surface area (Å²) in [6.07, 6.45) is -1.55. The van der Waals surface area contributed by atoms with Crippen molar-refractivity contribution < 1.29 is 27.8 Å². The van der Waals surface area contributed by atoms with E-state index in [1.54, 1.807) is 18.3 Å². The zero-order chi connectivity index (χ0) is 26.7. The third-order valence-electron chi connectivity index (χ3n) is 6.28. The van der Waals surface area contributed by atoms with E-state index in [4.69, 9.17) is 9.47 Å². The molecule has 38 heavy (non-hydrogen) atoms. The predicted molar refractivity (Wildman–Crippen MR) is 141 cm³/mol. The number of ether oxygens (including phenoxy) is 2. The van der Waals surface area contributed by atoms with E-state index >= 15 is 0 Å². The van der Waals surface area contributed by atoms with Crippen molar-refractivity contribution >= 4 is 39.0 Å². The molecule has 12 heteroatoms. The lowest BCUT2D eigenvalue weighted by Gasteiger charge is -2.26. The van der Waals surface area contributed by atoms with Crippen molar-refractivity contribution in [3.05, 3.63) is 64.2 Å². The van der Waals surface area contributed by atoms with Gasteiger partial charge in [-0.05, 0) is 41.5 Å². The number of nitrogens with one attached hydrogen (secondary N) is 2. The number of fused-ring (bicyclic) bond motifs is 1. The van der Waals surface area contributed by atoms with E-state index in [9.17, 15) is 18.3 Å². The predicted octanol–water partition coefficient (Wildman–Crippen LogP) is 5.09. The summed E-state index contributed by atoms with van der Waals surface area (Å²) in [5.41, 5.74) is 0.899. The molecule has 0 unspecified atom stereocenters.